The van der Waals surface area contributed by atoms with E-state index in [4.69, 9.17) is 4.74 Å². The highest BCUT2D eigenvalue weighted by Gasteiger charge is 2.30. The summed E-state index contributed by atoms with van der Waals surface area (Å²) in [6, 6.07) is 7.76. The normalized spacial score (nSPS) is 16.5. The van der Waals surface area contributed by atoms with Gasteiger partial charge in [0.15, 0.2) is 0 Å². The summed E-state index contributed by atoms with van der Waals surface area (Å²) in [5.41, 5.74) is 1.94. The topological polar surface area (TPSA) is 60.3 Å². The highest BCUT2D eigenvalue weighted by Crippen LogP contribution is 2.34. The van der Waals surface area contributed by atoms with Crippen LogP contribution in [0.2, 0.25) is 0 Å². The number of hydrogen-bond donors (Lipinski definition) is 1. The first kappa shape index (κ1) is 16.9. The number of aromatic nitrogens is 1. The lowest BCUT2D eigenvalue weighted by molar-refractivity contribution is -0.144. The summed E-state index contributed by atoms with van der Waals surface area (Å²) >= 11 is 2.14. The molecule has 24 heavy (non-hydrogen) atoms. The monoisotopic (exact) mass is 442 g/mol. The predicted octanol–water partition coefficient (Wildman–Crippen LogP) is 3.14. The van der Waals surface area contributed by atoms with Crippen molar-refractivity contribution < 1.29 is 18.7 Å². The minimum atomic E-state index is -0.333. The Labute approximate surface area is 152 Å². The van der Waals surface area contributed by atoms with Crippen molar-refractivity contribution >= 4 is 34.5 Å². The molecule has 5 nitrogen and oxygen atoms in total. The SMILES string of the molecule is CCOC(=O)CC1CNC(=O)c2cc(-c3cccc(F)c3)c(I)n21. The minimum Gasteiger partial charge on any atom is -0.466 e. The van der Waals surface area contributed by atoms with E-state index in [0.717, 1.165) is 9.26 Å². The minimum absolute atomic E-state index is 0.175. The number of esters is 1. The maximum absolute atomic E-state index is 13.5. The molecule has 0 fully saturated rings. The fourth-order valence-corrected chi connectivity index (χ4v) is 3.98. The van der Waals surface area contributed by atoms with Crippen molar-refractivity contribution in [3.63, 3.8) is 0 Å². The van der Waals surface area contributed by atoms with Gasteiger partial charge in [-0.25, -0.2) is 4.39 Å². The molecule has 1 aliphatic rings. The number of benzene rings is 1. The molecule has 0 aliphatic carbocycles. The van der Waals surface area contributed by atoms with Gasteiger partial charge < -0.3 is 14.6 Å². The zero-order valence-corrected chi connectivity index (χ0v) is 15.2. The van der Waals surface area contributed by atoms with Crippen LogP contribution < -0.4 is 5.32 Å². The molecule has 1 unspecified atom stereocenters. The number of nitrogens with one attached hydrogen (secondary N) is 1. The molecule has 0 spiro atoms. The summed E-state index contributed by atoms with van der Waals surface area (Å²) in [5, 5.41) is 2.79. The summed E-state index contributed by atoms with van der Waals surface area (Å²) in [6.45, 7) is 2.44. The Morgan fingerprint density at radius 3 is 2.96 bits per heavy atom. The van der Waals surface area contributed by atoms with Gasteiger partial charge >= 0.3 is 5.97 Å². The lowest BCUT2D eigenvalue weighted by atomic mass is 10.1. The van der Waals surface area contributed by atoms with Gasteiger partial charge in [-0.3, -0.25) is 9.59 Å². The third kappa shape index (κ3) is 3.17. The van der Waals surface area contributed by atoms with Gasteiger partial charge in [0.2, 0.25) is 0 Å². The number of hydrogen-bond acceptors (Lipinski definition) is 3. The van der Waals surface area contributed by atoms with Crippen LogP contribution in [0.1, 0.15) is 29.9 Å². The van der Waals surface area contributed by atoms with Gasteiger partial charge in [-0.15, -0.1) is 0 Å². The third-order valence-corrected chi connectivity index (χ3v) is 5.01. The van der Waals surface area contributed by atoms with Crippen molar-refractivity contribution in [2.75, 3.05) is 13.2 Å². The van der Waals surface area contributed by atoms with Crippen molar-refractivity contribution in [1.82, 2.24) is 9.88 Å². The lowest BCUT2D eigenvalue weighted by Gasteiger charge is -2.26. The highest BCUT2D eigenvalue weighted by molar-refractivity contribution is 14.1. The van der Waals surface area contributed by atoms with Gasteiger partial charge in [-0.2, -0.15) is 0 Å². The van der Waals surface area contributed by atoms with Crippen LogP contribution in [0.5, 0.6) is 0 Å². The van der Waals surface area contributed by atoms with Gasteiger partial charge in [0.25, 0.3) is 5.91 Å². The fraction of sp³-hybridized carbons (Fsp3) is 0.294. The molecule has 1 aromatic heterocycles. The van der Waals surface area contributed by atoms with Gasteiger partial charge in [-0.1, -0.05) is 12.1 Å². The fourth-order valence-electron chi connectivity index (χ4n) is 2.86. The standard InChI is InChI=1S/C17H16FIN2O3/c1-2-24-15(22)7-12-9-20-17(23)14-8-13(16(19)21(12)14)10-4-3-5-11(18)6-10/h3-6,8,12H,2,7,9H2,1H3,(H,20,23). The molecule has 1 N–H and O–H groups in total. The first-order chi connectivity index (χ1) is 11.5. The van der Waals surface area contributed by atoms with Crippen LogP contribution in [-0.2, 0) is 9.53 Å². The van der Waals surface area contributed by atoms with Crippen molar-refractivity contribution in [3.8, 4) is 11.1 Å². The van der Waals surface area contributed by atoms with Crippen LogP contribution in [0.4, 0.5) is 4.39 Å². The van der Waals surface area contributed by atoms with Crippen molar-refractivity contribution in [1.29, 1.82) is 0 Å². The molecule has 0 saturated heterocycles. The first-order valence-corrected chi connectivity index (χ1v) is 8.69. The maximum Gasteiger partial charge on any atom is 0.307 e. The summed E-state index contributed by atoms with van der Waals surface area (Å²) < 4.78 is 21.2. The number of ether oxygens (including phenoxy) is 1. The molecular weight excluding hydrogens is 426 g/mol. The van der Waals surface area contributed by atoms with Crippen LogP contribution in [0.25, 0.3) is 11.1 Å². The smallest absolute Gasteiger partial charge is 0.307 e. The van der Waals surface area contributed by atoms with Crippen LogP contribution in [0.15, 0.2) is 30.3 Å². The third-order valence-electron chi connectivity index (χ3n) is 3.91. The molecule has 0 radical (unpaired) electrons. The number of rotatable bonds is 4. The van der Waals surface area contributed by atoms with Gasteiger partial charge in [-0.05, 0) is 53.3 Å². The van der Waals surface area contributed by atoms with Crippen molar-refractivity contribution in [2.24, 2.45) is 0 Å². The zero-order chi connectivity index (χ0) is 17.3. The Hall–Kier alpha value is -1.90. The van der Waals surface area contributed by atoms with E-state index in [9.17, 15) is 14.0 Å². The Bertz CT molecular complexity index is 803. The number of carbonyl (C=O) groups excluding carboxylic acids is 2. The molecule has 3 rings (SSSR count). The summed E-state index contributed by atoms with van der Waals surface area (Å²) in [6.07, 6.45) is 0.175. The van der Waals surface area contributed by atoms with E-state index >= 15 is 0 Å². The van der Waals surface area contributed by atoms with Crippen molar-refractivity contribution in [2.45, 2.75) is 19.4 Å². The molecular formula is C17H16FIN2O3. The second-order valence-electron chi connectivity index (χ2n) is 5.49. The number of nitrogens with zero attached hydrogens (tertiary/aromatic N) is 1. The number of carbonyl (C=O) groups is 2. The van der Waals surface area contributed by atoms with Crippen LogP contribution in [0, 0.1) is 9.52 Å². The average molecular weight is 442 g/mol. The van der Waals surface area contributed by atoms with Gasteiger partial charge in [0.1, 0.15) is 11.5 Å². The molecule has 1 atom stereocenters. The van der Waals surface area contributed by atoms with E-state index in [0.29, 0.717) is 24.4 Å². The Morgan fingerprint density at radius 2 is 2.25 bits per heavy atom. The van der Waals surface area contributed by atoms with E-state index in [-0.39, 0.29) is 30.2 Å². The molecule has 0 saturated carbocycles. The molecule has 126 valence electrons. The zero-order valence-electron chi connectivity index (χ0n) is 13.0. The summed E-state index contributed by atoms with van der Waals surface area (Å²) in [5.74, 6) is -0.836. The second kappa shape index (κ2) is 6.92. The lowest BCUT2D eigenvalue weighted by Crippen LogP contribution is -2.40. The van der Waals surface area contributed by atoms with Crippen molar-refractivity contribution in [3.05, 3.63) is 45.5 Å². The quantitative estimate of drug-likeness (QED) is 0.585. The van der Waals surface area contributed by atoms with Crippen LogP contribution in [-0.4, -0.2) is 29.6 Å². The van der Waals surface area contributed by atoms with E-state index in [2.05, 4.69) is 27.9 Å². The summed E-state index contributed by atoms with van der Waals surface area (Å²) in [7, 11) is 0. The van der Waals surface area contributed by atoms with Crippen LogP contribution >= 0.6 is 22.6 Å². The molecule has 2 heterocycles. The Kier molecular flexibility index (Phi) is 4.88. The molecule has 2 aromatic rings. The predicted molar refractivity (Wildman–Crippen MR) is 95.2 cm³/mol. The maximum atomic E-state index is 13.5. The van der Waals surface area contributed by atoms with E-state index in [1.807, 2.05) is 4.57 Å². The number of amides is 1. The Morgan fingerprint density at radius 1 is 1.46 bits per heavy atom. The molecule has 1 aromatic carbocycles. The largest absolute Gasteiger partial charge is 0.466 e. The van der Waals surface area contributed by atoms with Crippen LogP contribution in [0.3, 0.4) is 0 Å². The summed E-state index contributed by atoms with van der Waals surface area (Å²) in [4.78, 5) is 24.0. The Balaban J connectivity index is 2.02. The van der Waals surface area contributed by atoms with Gasteiger partial charge in [0.05, 0.1) is 22.8 Å². The van der Waals surface area contributed by atoms with E-state index in [1.54, 1.807) is 25.1 Å². The first-order valence-electron chi connectivity index (χ1n) is 7.61. The molecule has 7 heteroatoms. The van der Waals surface area contributed by atoms with E-state index in [1.165, 1.54) is 12.1 Å². The van der Waals surface area contributed by atoms with Gasteiger partial charge in [0, 0.05) is 12.1 Å². The molecule has 0 bridgehead atoms. The number of fused-ring (bicyclic) bond motifs is 1. The number of halogens is 2. The second-order valence-corrected chi connectivity index (χ2v) is 6.51. The molecule has 1 aliphatic heterocycles. The van der Waals surface area contributed by atoms with E-state index < -0.39 is 0 Å². The highest BCUT2D eigenvalue weighted by atomic mass is 127. The molecule has 1 amide bonds. The average Bonchev–Trinajstić information content (AvgIpc) is 2.89.